The molecule has 1 aliphatic heterocycles. The van der Waals surface area contributed by atoms with Gasteiger partial charge in [0.05, 0.1) is 22.8 Å². The number of carbonyl (C=O) groups is 2. The van der Waals surface area contributed by atoms with E-state index in [9.17, 15) is 32.3 Å². The van der Waals surface area contributed by atoms with Crippen LogP contribution in [0.15, 0.2) is 18.2 Å². The number of piperidine rings is 1. The number of aliphatic hydroxyl groups is 1. The molecule has 4 fully saturated rings. The van der Waals surface area contributed by atoms with Gasteiger partial charge in [-0.3, -0.25) is 9.59 Å². The minimum absolute atomic E-state index is 0.00777. The second kappa shape index (κ2) is 11.1. The number of amides is 2. The molecule has 38 heavy (non-hydrogen) atoms. The number of ether oxygens (including phenoxy) is 2. The summed E-state index contributed by atoms with van der Waals surface area (Å²) in [7, 11) is 1.60. The van der Waals surface area contributed by atoms with E-state index in [0.29, 0.717) is 25.7 Å². The second-order valence-corrected chi connectivity index (χ2v) is 10.9. The summed E-state index contributed by atoms with van der Waals surface area (Å²) in [5.74, 6) is -1.26. The largest absolute Gasteiger partial charge is 0.484 e. The molecule has 0 spiro atoms. The molecule has 3 atom stereocenters. The van der Waals surface area contributed by atoms with Crippen molar-refractivity contribution in [3.05, 3.63) is 29.0 Å². The van der Waals surface area contributed by atoms with Crippen LogP contribution in [-0.2, 0) is 14.3 Å². The molecule has 5 rings (SSSR count). The van der Waals surface area contributed by atoms with Gasteiger partial charge in [-0.25, -0.2) is 4.39 Å². The summed E-state index contributed by atoms with van der Waals surface area (Å²) in [6.07, 6.45) is -3.39. The highest BCUT2D eigenvalue weighted by Crippen LogP contribution is 2.49. The molecule has 1 aromatic carbocycles. The third-order valence-electron chi connectivity index (χ3n) is 8.19. The topological polar surface area (TPSA) is 100 Å². The molecular weight excluding hydrogens is 534 g/mol. The van der Waals surface area contributed by atoms with E-state index in [1.54, 1.807) is 7.05 Å². The van der Waals surface area contributed by atoms with Crippen LogP contribution in [0.4, 0.5) is 17.6 Å². The van der Waals surface area contributed by atoms with Crippen LogP contribution in [-0.4, -0.2) is 84.1 Å². The number of alkyl halides is 3. The van der Waals surface area contributed by atoms with Crippen LogP contribution in [0, 0.1) is 5.82 Å². The molecule has 3 aliphatic carbocycles. The van der Waals surface area contributed by atoms with E-state index in [1.807, 2.05) is 0 Å². The Morgan fingerprint density at radius 1 is 1.21 bits per heavy atom. The van der Waals surface area contributed by atoms with Crippen LogP contribution in [0.1, 0.15) is 44.9 Å². The number of rotatable bonds is 8. The molecule has 0 radical (unpaired) electrons. The number of aliphatic hydroxyl groups excluding tert-OH is 1. The summed E-state index contributed by atoms with van der Waals surface area (Å²) in [6, 6.07) is 2.32. The zero-order valence-corrected chi connectivity index (χ0v) is 21.7. The Labute approximate surface area is 223 Å². The van der Waals surface area contributed by atoms with Crippen molar-refractivity contribution in [2.45, 2.75) is 80.4 Å². The fourth-order valence-corrected chi connectivity index (χ4v) is 5.95. The van der Waals surface area contributed by atoms with Gasteiger partial charge in [0.2, 0.25) is 5.91 Å². The second-order valence-electron chi connectivity index (χ2n) is 10.5. The van der Waals surface area contributed by atoms with Gasteiger partial charge in [0.1, 0.15) is 24.2 Å². The number of likely N-dealkylation sites (N-methyl/N-ethyl adjacent to an activating group) is 1. The van der Waals surface area contributed by atoms with E-state index in [0.717, 1.165) is 6.07 Å². The van der Waals surface area contributed by atoms with Gasteiger partial charge in [-0.05, 0) is 57.1 Å². The van der Waals surface area contributed by atoms with Crippen molar-refractivity contribution in [1.82, 2.24) is 15.5 Å². The van der Waals surface area contributed by atoms with Crippen molar-refractivity contribution in [1.29, 1.82) is 0 Å². The Morgan fingerprint density at radius 3 is 2.50 bits per heavy atom. The van der Waals surface area contributed by atoms with Crippen LogP contribution >= 0.6 is 11.6 Å². The van der Waals surface area contributed by atoms with E-state index >= 15 is 0 Å². The lowest BCUT2D eigenvalue weighted by Crippen LogP contribution is -2.70. The van der Waals surface area contributed by atoms with Crippen molar-refractivity contribution < 1.29 is 41.7 Å². The molecule has 212 valence electrons. The zero-order valence-electron chi connectivity index (χ0n) is 21.0. The van der Waals surface area contributed by atoms with Gasteiger partial charge >= 0.3 is 6.18 Å². The summed E-state index contributed by atoms with van der Waals surface area (Å²) < 4.78 is 63.0. The van der Waals surface area contributed by atoms with Gasteiger partial charge < -0.3 is 30.1 Å². The smallest absolute Gasteiger partial charge is 0.403 e. The molecule has 1 heterocycles. The molecule has 2 amide bonds. The van der Waals surface area contributed by atoms with Gasteiger partial charge in [0.25, 0.3) is 5.91 Å². The van der Waals surface area contributed by atoms with Crippen LogP contribution in [0.2, 0.25) is 5.02 Å². The first-order valence-electron chi connectivity index (χ1n) is 12.6. The quantitative estimate of drug-likeness (QED) is 0.419. The number of nitrogens with zero attached hydrogens (tertiary/aromatic N) is 1. The maximum absolute atomic E-state index is 13.6. The predicted octanol–water partition coefficient (Wildman–Crippen LogP) is 2.95. The van der Waals surface area contributed by atoms with E-state index < -0.39 is 47.2 Å². The highest BCUT2D eigenvalue weighted by atomic mass is 35.5. The number of fused-ring (bicyclic) bond motifs is 3. The van der Waals surface area contributed by atoms with Crippen LogP contribution in [0.25, 0.3) is 0 Å². The summed E-state index contributed by atoms with van der Waals surface area (Å²) in [5.41, 5.74) is -1.45. The molecular formula is C25H32ClF4N3O5. The first kappa shape index (κ1) is 28.8. The van der Waals surface area contributed by atoms with Gasteiger partial charge in [-0.1, -0.05) is 11.6 Å². The summed E-state index contributed by atoms with van der Waals surface area (Å²) in [5, 5.41) is 16.4. The van der Waals surface area contributed by atoms with E-state index in [2.05, 4.69) is 10.6 Å². The molecule has 2 bridgehead atoms. The van der Waals surface area contributed by atoms with Crippen molar-refractivity contribution in [2.75, 3.05) is 26.8 Å². The third-order valence-corrected chi connectivity index (χ3v) is 8.50. The number of nitrogens with one attached hydrogen (secondary N) is 2. The van der Waals surface area contributed by atoms with E-state index in [4.69, 9.17) is 21.1 Å². The van der Waals surface area contributed by atoms with Gasteiger partial charge in [-0.15, -0.1) is 0 Å². The summed E-state index contributed by atoms with van der Waals surface area (Å²) >= 11 is 5.65. The highest BCUT2D eigenvalue weighted by Gasteiger charge is 2.57. The maximum atomic E-state index is 13.6. The van der Waals surface area contributed by atoms with Crippen LogP contribution in [0.3, 0.4) is 0 Å². The van der Waals surface area contributed by atoms with Crippen molar-refractivity contribution in [3.63, 3.8) is 0 Å². The van der Waals surface area contributed by atoms with Crippen molar-refractivity contribution in [2.24, 2.45) is 0 Å². The molecule has 1 aromatic rings. The minimum Gasteiger partial charge on any atom is -0.484 e. The lowest BCUT2D eigenvalue weighted by molar-refractivity contribution is -0.171. The van der Waals surface area contributed by atoms with E-state index in [-0.39, 0.29) is 55.7 Å². The molecule has 0 aromatic heterocycles. The average Bonchev–Trinajstić information content (AvgIpc) is 2.87. The predicted molar refractivity (Wildman–Crippen MR) is 129 cm³/mol. The Morgan fingerprint density at radius 2 is 1.92 bits per heavy atom. The number of halogens is 5. The Kier molecular flexibility index (Phi) is 8.46. The molecule has 4 aliphatic rings. The standard InChI is InChI=1S/C25H32ClF4N3O5/c1-33(22(36)14-38-16-3-5-19(31-12-16)25(28,29)30)24-8-6-23(7-9-24,11-20(24)34)32-21(35)13-37-15-2-4-17(26)18(27)10-15/h2,4,10,16,19-20,31,34H,3,5-9,11-14H2,1H3,(H,32,35)/t16?,19?,20-,23?,24?/m0/s1. The molecule has 13 heteroatoms. The Hall–Kier alpha value is -2.15. The fraction of sp³-hybridized carbons (Fsp3) is 0.680. The van der Waals surface area contributed by atoms with Gasteiger partial charge in [0, 0.05) is 25.2 Å². The van der Waals surface area contributed by atoms with Crippen LogP contribution < -0.4 is 15.4 Å². The number of hydrogen-bond donors (Lipinski definition) is 3. The molecule has 8 nitrogen and oxygen atoms in total. The SMILES string of the molecule is CN(C(=O)COC1CCC(C(F)(F)F)NC1)C12CCC(NC(=O)COc3ccc(Cl)c(F)c3)(CC1)C[C@@H]2O. The van der Waals surface area contributed by atoms with Gasteiger partial charge in [0.15, 0.2) is 6.61 Å². The number of hydrogen-bond acceptors (Lipinski definition) is 6. The summed E-state index contributed by atoms with van der Waals surface area (Å²) in [6.45, 7) is -0.619. The number of benzene rings is 1. The Balaban J connectivity index is 1.25. The van der Waals surface area contributed by atoms with Crippen molar-refractivity contribution in [3.8, 4) is 5.75 Å². The highest BCUT2D eigenvalue weighted by molar-refractivity contribution is 6.30. The monoisotopic (exact) mass is 565 g/mol. The number of carbonyl (C=O) groups excluding carboxylic acids is 2. The normalized spacial score (nSPS) is 31.1. The lowest BCUT2D eigenvalue weighted by atomic mass is 9.59. The van der Waals surface area contributed by atoms with Crippen molar-refractivity contribution >= 4 is 23.4 Å². The minimum atomic E-state index is -4.31. The summed E-state index contributed by atoms with van der Waals surface area (Å²) in [4.78, 5) is 27.0. The van der Waals surface area contributed by atoms with Gasteiger partial charge in [-0.2, -0.15) is 13.2 Å². The maximum Gasteiger partial charge on any atom is 0.403 e. The van der Waals surface area contributed by atoms with E-state index in [1.165, 1.54) is 17.0 Å². The zero-order chi connectivity index (χ0) is 27.7. The molecule has 3 saturated carbocycles. The Bertz CT molecular complexity index is 1030. The first-order chi connectivity index (χ1) is 17.8. The molecule has 1 saturated heterocycles. The molecule has 2 unspecified atom stereocenters. The molecule has 3 N–H and O–H groups in total. The lowest BCUT2D eigenvalue weighted by Gasteiger charge is -2.59. The first-order valence-corrected chi connectivity index (χ1v) is 13.0. The van der Waals surface area contributed by atoms with Crippen LogP contribution in [0.5, 0.6) is 5.75 Å². The average molecular weight is 566 g/mol. The third kappa shape index (κ3) is 6.19. The fourth-order valence-electron chi connectivity index (χ4n) is 5.83.